The van der Waals surface area contributed by atoms with Crippen molar-refractivity contribution in [1.82, 2.24) is 0 Å². The Morgan fingerprint density at radius 1 is 1.00 bits per heavy atom. The first-order valence-corrected chi connectivity index (χ1v) is 10.8. The summed E-state index contributed by atoms with van der Waals surface area (Å²) in [6.45, 7) is 15.7. The van der Waals surface area contributed by atoms with E-state index in [1.165, 1.54) is 28.1 Å². The molecule has 1 aromatic rings. The maximum atomic E-state index is 6.63. The second kappa shape index (κ2) is 8.12. The SMILES string of the molecule is CCCSC1=CCCC=C1Nc1cc(C(C)(C)C)cc(C(C)(C)C)c1N. The van der Waals surface area contributed by atoms with E-state index >= 15 is 0 Å². The van der Waals surface area contributed by atoms with E-state index in [0.717, 1.165) is 30.0 Å². The molecule has 0 unspecified atom stereocenters. The van der Waals surface area contributed by atoms with Gasteiger partial charge in [0.15, 0.2) is 0 Å². The van der Waals surface area contributed by atoms with Gasteiger partial charge in [-0.25, -0.2) is 0 Å². The average Bonchev–Trinajstić information content (AvgIpc) is 2.53. The van der Waals surface area contributed by atoms with E-state index in [1.807, 2.05) is 11.8 Å². The Labute approximate surface area is 164 Å². The molecule has 0 spiro atoms. The summed E-state index contributed by atoms with van der Waals surface area (Å²) in [4.78, 5) is 1.36. The minimum Gasteiger partial charge on any atom is -0.397 e. The summed E-state index contributed by atoms with van der Waals surface area (Å²) in [5, 5.41) is 3.68. The lowest BCUT2D eigenvalue weighted by molar-refractivity contribution is 0.570. The van der Waals surface area contributed by atoms with E-state index in [9.17, 15) is 0 Å². The molecule has 0 bridgehead atoms. The molecular weight excluding hydrogens is 336 g/mol. The summed E-state index contributed by atoms with van der Waals surface area (Å²) in [5.74, 6) is 1.15. The van der Waals surface area contributed by atoms with Crippen LogP contribution >= 0.6 is 11.8 Å². The van der Waals surface area contributed by atoms with Gasteiger partial charge in [0.05, 0.1) is 11.4 Å². The van der Waals surface area contributed by atoms with Gasteiger partial charge in [-0.05, 0) is 53.0 Å². The predicted molar refractivity (Wildman–Crippen MR) is 120 cm³/mol. The van der Waals surface area contributed by atoms with Crippen LogP contribution in [0, 0.1) is 0 Å². The van der Waals surface area contributed by atoms with Crippen LogP contribution in [0.15, 0.2) is 34.9 Å². The zero-order valence-corrected chi connectivity index (χ0v) is 18.4. The molecule has 0 heterocycles. The summed E-state index contributed by atoms with van der Waals surface area (Å²) in [7, 11) is 0. The van der Waals surface area contributed by atoms with Gasteiger partial charge in [-0.3, -0.25) is 0 Å². The molecule has 0 aliphatic heterocycles. The fourth-order valence-corrected chi connectivity index (χ4v) is 4.02. The van der Waals surface area contributed by atoms with Crippen molar-refractivity contribution >= 4 is 23.1 Å². The van der Waals surface area contributed by atoms with E-state index in [2.05, 4.69) is 78.1 Å². The molecule has 3 N–H and O–H groups in total. The largest absolute Gasteiger partial charge is 0.397 e. The van der Waals surface area contributed by atoms with E-state index < -0.39 is 0 Å². The third-order valence-corrected chi connectivity index (χ3v) is 6.01. The Balaban J connectivity index is 2.45. The van der Waals surface area contributed by atoms with Crippen molar-refractivity contribution < 1.29 is 0 Å². The van der Waals surface area contributed by atoms with E-state index in [-0.39, 0.29) is 10.8 Å². The molecule has 2 rings (SSSR count). The molecule has 26 heavy (non-hydrogen) atoms. The summed E-state index contributed by atoms with van der Waals surface area (Å²) < 4.78 is 0. The highest BCUT2D eigenvalue weighted by Gasteiger charge is 2.24. The van der Waals surface area contributed by atoms with Crippen LogP contribution in [-0.4, -0.2) is 5.75 Å². The third kappa shape index (κ3) is 5.09. The first kappa shape index (κ1) is 21.0. The molecule has 0 fully saturated rings. The first-order valence-electron chi connectivity index (χ1n) is 9.79. The Hall–Kier alpha value is -1.35. The van der Waals surface area contributed by atoms with Gasteiger partial charge in [0.1, 0.15) is 0 Å². The number of thioether (sulfide) groups is 1. The summed E-state index contributed by atoms with van der Waals surface area (Å²) in [6, 6.07) is 4.53. The number of benzene rings is 1. The van der Waals surface area contributed by atoms with Crippen molar-refractivity contribution in [3.63, 3.8) is 0 Å². The number of hydrogen-bond acceptors (Lipinski definition) is 3. The van der Waals surface area contributed by atoms with Gasteiger partial charge in [-0.1, -0.05) is 66.7 Å². The van der Waals surface area contributed by atoms with Crippen molar-refractivity contribution in [2.75, 3.05) is 16.8 Å². The quantitative estimate of drug-likeness (QED) is 0.547. The second-order valence-electron chi connectivity index (χ2n) is 9.22. The van der Waals surface area contributed by atoms with Crippen LogP contribution in [-0.2, 0) is 10.8 Å². The Kier molecular flexibility index (Phi) is 6.55. The van der Waals surface area contributed by atoms with Gasteiger partial charge in [0.25, 0.3) is 0 Å². The van der Waals surface area contributed by atoms with Crippen molar-refractivity contribution in [3.8, 4) is 0 Å². The highest BCUT2D eigenvalue weighted by molar-refractivity contribution is 8.03. The van der Waals surface area contributed by atoms with Gasteiger partial charge in [0, 0.05) is 10.6 Å². The first-order chi connectivity index (χ1) is 12.0. The highest BCUT2D eigenvalue weighted by Crippen LogP contribution is 2.39. The van der Waals surface area contributed by atoms with Crippen molar-refractivity contribution in [3.05, 3.63) is 46.0 Å². The molecule has 1 aliphatic carbocycles. The molecule has 2 nitrogen and oxygen atoms in total. The summed E-state index contributed by atoms with van der Waals surface area (Å²) in [6.07, 6.45) is 8.08. The third-order valence-electron chi connectivity index (χ3n) is 4.70. The molecule has 144 valence electrons. The molecule has 3 heteroatoms. The van der Waals surface area contributed by atoms with Gasteiger partial charge in [-0.15, -0.1) is 11.8 Å². The number of anilines is 2. The van der Waals surface area contributed by atoms with Gasteiger partial charge < -0.3 is 11.1 Å². The smallest absolute Gasteiger partial charge is 0.0624 e. The Morgan fingerprint density at radius 3 is 2.23 bits per heavy atom. The van der Waals surface area contributed by atoms with E-state index in [1.54, 1.807) is 0 Å². The van der Waals surface area contributed by atoms with Crippen LogP contribution < -0.4 is 11.1 Å². The fourth-order valence-electron chi connectivity index (χ4n) is 3.07. The maximum absolute atomic E-state index is 6.63. The minimum atomic E-state index is 0.0123. The predicted octanol–water partition coefficient (Wildman–Crippen LogP) is 6.98. The van der Waals surface area contributed by atoms with Gasteiger partial charge >= 0.3 is 0 Å². The molecule has 1 aliphatic rings. The van der Waals surface area contributed by atoms with Crippen LogP contribution in [0.3, 0.4) is 0 Å². The van der Waals surface area contributed by atoms with Crippen LogP contribution in [0.25, 0.3) is 0 Å². The number of nitrogens with one attached hydrogen (secondary N) is 1. The summed E-state index contributed by atoms with van der Waals surface area (Å²) in [5.41, 5.74) is 12.4. The normalized spacial score (nSPS) is 15.5. The Morgan fingerprint density at radius 2 is 1.65 bits per heavy atom. The van der Waals surface area contributed by atoms with Crippen molar-refractivity contribution in [1.29, 1.82) is 0 Å². The zero-order chi connectivity index (χ0) is 19.5. The molecule has 0 radical (unpaired) electrons. The molecular formula is C23H36N2S. The van der Waals surface area contributed by atoms with Crippen LogP contribution in [0.2, 0.25) is 0 Å². The maximum Gasteiger partial charge on any atom is 0.0624 e. The van der Waals surface area contributed by atoms with E-state index in [0.29, 0.717) is 0 Å². The number of nitrogens with two attached hydrogens (primary N) is 1. The number of nitrogen functional groups attached to an aromatic ring is 1. The van der Waals surface area contributed by atoms with Crippen LogP contribution in [0.1, 0.15) is 78.9 Å². The molecule has 1 aromatic carbocycles. The zero-order valence-electron chi connectivity index (χ0n) is 17.6. The summed E-state index contributed by atoms with van der Waals surface area (Å²) >= 11 is 1.94. The van der Waals surface area contributed by atoms with Crippen molar-refractivity contribution in [2.24, 2.45) is 0 Å². The van der Waals surface area contributed by atoms with E-state index in [4.69, 9.17) is 5.73 Å². The lowest BCUT2D eigenvalue weighted by Gasteiger charge is -2.29. The monoisotopic (exact) mass is 372 g/mol. The molecule has 0 saturated heterocycles. The van der Waals surface area contributed by atoms with Crippen molar-refractivity contribution in [2.45, 2.75) is 78.6 Å². The standard InChI is InChI=1S/C23H36N2S/c1-8-13-26-20-12-10-9-11-18(20)25-19-15-16(22(2,3)4)14-17(21(19)24)23(5,6)7/h11-12,14-15,25H,8-10,13,24H2,1-7H3. The van der Waals surface area contributed by atoms with Gasteiger partial charge in [0.2, 0.25) is 0 Å². The van der Waals surface area contributed by atoms with Gasteiger partial charge in [-0.2, -0.15) is 0 Å². The fraction of sp³-hybridized carbons (Fsp3) is 0.565. The molecule has 0 atom stereocenters. The second-order valence-corrected chi connectivity index (χ2v) is 10.4. The van der Waals surface area contributed by atoms with Crippen LogP contribution in [0.4, 0.5) is 11.4 Å². The minimum absolute atomic E-state index is 0.0123. The number of hydrogen-bond donors (Lipinski definition) is 2. The lowest BCUT2D eigenvalue weighted by atomic mass is 9.79. The highest BCUT2D eigenvalue weighted by atomic mass is 32.2. The van der Waals surface area contributed by atoms with Crippen LogP contribution in [0.5, 0.6) is 0 Å². The molecule has 0 saturated carbocycles. The lowest BCUT2D eigenvalue weighted by Crippen LogP contribution is -2.20. The average molecular weight is 373 g/mol. The molecule has 0 amide bonds. The molecule has 0 aromatic heterocycles. The number of rotatable bonds is 5. The topological polar surface area (TPSA) is 38.0 Å². The number of allylic oxidation sites excluding steroid dienone is 2. The Bertz CT molecular complexity index is 700.